The lowest BCUT2D eigenvalue weighted by atomic mass is 10.2. The highest BCUT2D eigenvalue weighted by molar-refractivity contribution is 7.94. The highest BCUT2D eigenvalue weighted by Crippen LogP contribution is 2.38. The number of fused-ring (bicyclic) bond motifs is 2. The van der Waals surface area contributed by atoms with E-state index >= 15 is 0 Å². The van der Waals surface area contributed by atoms with Crippen molar-refractivity contribution in [3.63, 3.8) is 0 Å². The molecule has 0 aliphatic carbocycles. The summed E-state index contributed by atoms with van der Waals surface area (Å²) in [4.78, 5) is 24.5. The number of benzene rings is 2. The van der Waals surface area contributed by atoms with Crippen LogP contribution in [0.4, 0.5) is 11.4 Å². The van der Waals surface area contributed by atoms with Crippen LogP contribution in [0, 0.1) is 0 Å². The number of carbonyl (C=O) groups is 1. The molecule has 0 bridgehead atoms. The molecule has 0 atom stereocenters. The fraction of sp³-hybridized carbons (Fsp3) is 0.158. The Morgan fingerprint density at radius 3 is 2.54 bits per heavy atom. The number of rotatable bonds is 4. The molecule has 1 aliphatic rings. The summed E-state index contributed by atoms with van der Waals surface area (Å²) >= 11 is 0. The van der Waals surface area contributed by atoms with Crippen molar-refractivity contribution in [1.82, 2.24) is 5.32 Å². The lowest BCUT2D eigenvalue weighted by molar-refractivity contribution is 0.0927. The van der Waals surface area contributed by atoms with Gasteiger partial charge in [-0.15, -0.1) is 0 Å². The van der Waals surface area contributed by atoms with Crippen molar-refractivity contribution in [3.8, 4) is 0 Å². The molecule has 1 aliphatic heterocycles. The van der Waals surface area contributed by atoms with E-state index in [1.807, 2.05) is 0 Å². The first-order valence-corrected chi connectivity index (χ1v) is 9.96. The van der Waals surface area contributed by atoms with E-state index in [0.717, 1.165) is 6.07 Å². The summed E-state index contributed by atoms with van der Waals surface area (Å²) in [5, 5.41) is 3.00. The molecule has 1 amide bonds. The fourth-order valence-corrected chi connectivity index (χ4v) is 4.57. The molecular formula is C19H17N3O5S. The van der Waals surface area contributed by atoms with Crippen LogP contribution in [0.25, 0.3) is 11.0 Å². The minimum absolute atomic E-state index is 0.0488. The third-order valence-corrected chi connectivity index (χ3v) is 6.40. The number of nitrogens with zero attached hydrogens (tertiary/aromatic N) is 2. The average molecular weight is 399 g/mol. The van der Waals surface area contributed by atoms with E-state index in [1.165, 1.54) is 15.7 Å². The topological polar surface area (TPSA) is 99.9 Å². The van der Waals surface area contributed by atoms with Gasteiger partial charge in [-0.05, 0) is 24.3 Å². The third kappa shape index (κ3) is 2.89. The largest absolute Gasteiger partial charge is 0.451 e. The molecule has 4 rings (SSSR count). The predicted octanol–water partition coefficient (Wildman–Crippen LogP) is 1.72. The number of carbonyl (C=O) groups excluding carboxylic acids is 1. The van der Waals surface area contributed by atoms with E-state index in [2.05, 4.69) is 5.32 Å². The standard InChI is InChI=1S/C19H17N3O5S/c1-21-14-7-3-4-8-15(14)22(28(21,25)26)11-10-20-19(24)18-12-16(23)13-6-2-5-9-17(13)27-18/h2-9,12H,10-11H2,1H3,(H,20,24). The smallest absolute Gasteiger partial charge is 0.326 e. The summed E-state index contributed by atoms with van der Waals surface area (Å²) in [6.07, 6.45) is 0. The fourth-order valence-electron chi connectivity index (χ4n) is 3.15. The number of amides is 1. The molecule has 0 spiro atoms. The Morgan fingerprint density at radius 1 is 1.07 bits per heavy atom. The molecule has 2 heterocycles. The quantitative estimate of drug-likeness (QED) is 0.720. The molecule has 8 nitrogen and oxygen atoms in total. The maximum absolute atomic E-state index is 12.6. The van der Waals surface area contributed by atoms with Gasteiger partial charge < -0.3 is 9.73 Å². The average Bonchev–Trinajstić information content (AvgIpc) is 2.88. The maximum atomic E-state index is 12.6. The molecular weight excluding hydrogens is 382 g/mol. The lowest BCUT2D eigenvalue weighted by Crippen LogP contribution is -2.40. The first kappa shape index (κ1) is 18.1. The van der Waals surface area contributed by atoms with Gasteiger partial charge in [0.05, 0.1) is 23.3 Å². The van der Waals surface area contributed by atoms with Gasteiger partial charge >= 0.3 is 10.2 Å². The molecule has 144 valence electrons. The van der Waals surface area contributed by atoms with Gasteiger partial charge in [0.2, 0.25) is 0 Å². The maximum Gasteiger partial charge on any atom is 0.326 e. The number of para-hydroxylation sites is 3. The van der Waals surface area contributed by atoms with Gasteiger partial charge in [0.25, 0.3) is 5.91 Å². The first-order valence-electron chi connectivity index (χ1n) is 8.56. The summed E-state index contributed by atoms with van der Waals surface area (Å²) in [7, 11) is -2.20. The summed E-state index contributed by atoms with van der Waals surface area (Å²) in [6, 6.07) is 14.7. The molecule has 28 heavy (non-hydrogen) atoms. The Bertz CT molecular complexity index is 1240. The Balaban J connectivity index is 1.50. The molecule has 0 saturated heterocycles. The van der Waals surface area contributed by atoms with E-state index in [1.54, 1.807) is 48.5 Å². The van der Waals surface area contributed by atoms with E-state index < -0.39 is 16.1 Å². The van der Waals surface area contributed by atoms with E-state index in [-0.39, 0.29) is 24.3 Å². The van der Waals surface area contributed by atoms with Gasteiger partial charge in [0.1, 0.15) is 5.58 Å². The highest BCUT2D eigenvalue weighted by Gasteiger charge is 2.37. The third-order valence-electron chi connectivity index (χ3n) is 4.57. The number of hydrogen-bond donors (Lipinski definition) is 1. The van der Waals surface area contributed by atoms with E-state index in [4.69, 9.17) is 4.42 Å². The van der Waals surface area contributed by atoms with Crippen molar-refractivity contribution in [2.75, 3.05) is 28.7 Å². The predicted molar refractivity (Wildman–Crippen MR) is 106 cm³/mol. The molecule has 1 N–H and O–H groups in total. The number of anilines is 2. The molecule has 0 unspecified atom stereocenters. The van der Waals surface area contributed by atoms with Gasteiger partial charge in [0.15, 0.2) is 11.2 Å². The van der Waals surface area contributed by atoms with Gasteiger partial charge in [-0.1, -0.05) is 24.3 Å². The highest BCUT2D eigenvalue weighted by atomic mass is 32.2. The minimum atomic E-state index is -3.68. The van der Waals surface area contributed by atoms with Crippen LogP contribution in [0.1, 0.15) is 10.6 Å². The normalized spacial score (nSPS) is 14.9. The summed E-state index contributed by atoms with van der Waals surface area (Å²) < 4.78 is 33.1. The molecule has 0 saturated carbocycles. The van der Waals surface area contributed by atoms with Crippen molar-refractivity contribution >= 4 is 38.5 Å². The van der Waals surface area contributed by atoms with Crippen LogP contribution in [0.5, 0.6) is 0 Å². The lowest BCUT2D eigenvalue weighted by Gasteiger charge is -2.19. The van der Waals surface area contributed by atoms with Crippen LogP contribution in [0.15, 0.2) is 63.8 Å². The van der Waals surface area contributed by atoms with Crippen molar-refractivity contribution < 1.29 is 17.6 Å². The SMILES string of the molecule is CN1c2ccccc2N(CCNC(=O)c2cc(=O)c3ccccc3o2)S1(=O)=O. The molecule has 2 aromatic carbocycles. The zero-order valence-electron chi connectivity index (χ0n) is 15.0. The van der Waals surface area contributed by atoms with Gasteiger partial charge in [-0.2, -0.15) is 8.42 Å². The summed E-state index contributed by atoms with van der Waals surface area (Å²) in [6.45, 7) is 0.101. The van der Waals surface area contributed by atoms with Crippen molar-refractivity contribution in [1.29, 1.82) is 0 Å². The Morgan fingerprint density at radius 2 is 1.75 bits per heavy atom. The van der Waals surface area contributed by atoms with Gasteiger partial charge in [-0.25, -0.2) is 4.31 Å². The van der Waals surface area contributed by atoms with Crippen molar-refractivity contribution in [2.24, 2.45) is 0 Å². The Kier molecular flexibility index (Phi) is 4.31. The molecule has 0 radical (unpaired) electrons. The second kappa shape index (κ2) is 6.68. The zero-order valence-corrected chi connectivity index (χ0v) is 15.8. The second-order valence-electron chi connectivity index (χ2n) is 6.26. The van der Waals surface area contributed by atoms with Crippen LogP contribution in [-0.2, 0) is 10.2 Å². The monoisotopic (exact) mass is 399 g/mol. The van der Waals surface area contributed by atoms with Gasteiger partial charge in [0, 0.05) is 19.7 Å². The Hall–Kier alpha value is -3.33. The minimum Gasteiger partial charge on any atom is -0.451 e. The van der Waals surface area contributed by atoms with Crippen LogP contribution in [0.2, 0.25) is 0 Å². The molecule has 1 aromatic heterocycles. The number of nitrogens with one attached hydrogen (secondary N) is 1. The zero-order chi connectivity index (χ0) is 19.9. The van der Waals surface area contributed by atoms with Crippen LogP contribution < -0.4 is 19.4 Å². The van der Waals surface area contributed by atoms with Crippen LogP contribution >= 0.6 is 0 Å². The van der Waals surface area contributed by atoms with Crippen molar-refractivity contribution in [2.45, 2.75) is 0 Å². The first-order chi connectivity index (χ1) is 13.4. The summed E-state index contributed by atoms with van der Waals surface area (Å²) in [5.41, 5.74) is 1.13. The second-order valence-corrected chi connectivity index (χ2v) is 8.15. The van der Waals surface area contributed by atoms with Gasteiger partial charge in [-0.3, -0.25) is 13.9 Å². The van der Waals surface area contributed by atoms with Crippen LogP contribution in [0.3, 0.4) is 0 Å². The van der Waals surface area contributed by atoms with Crippen LogP contribution in [-0.4, -0.2) is 34.5 Å². The van der Waals surface area contributed by atoms with E-state index in [9.17, 15) is 18.0 Å². The number of hydrogen-bond acceptors (Lipinski definition) is 5. The summed E-state index contributed by atoms with van der Waals surface area (Å²) in [5.74, 6) is -0.702. The molecule has 0 fully saturated rings. The van der Waals surface area contributed by atoms with E-state index in [0.29, 0.717) is 22.3 Å². The Labute approximate surface area is 161 Å². The molecule has 3 aromatic rings. The van der Waals surface area contributed by atoms with Crippen molar-refractivity contribution in [3.05, 3.63) is 70.6 Å². The molecule has 9 heteroatoms.